The molecule has 2 aromatic heterocycles. The quantitative estimate of drug-likeness (QED) is 0.137. The van der Waals surface area contributed by atoms with E-state index in [0.29, 0.717) is 0 Å². The van der Waals surface area contributed by atoms with Crippen molar-refractivity contribution in [1.29, 1.82) is 0 Å². The first-order chi connectivity index (χ1) is 26.8. The molecular weight excluding hydrogens is 657 g/mol. The number of rotatable bonds is 3. The van der Waals surface area contributed by atoms with E-state index in [4.69, 9.17) is 8.83 Å². The summed E-state index contributed by atoms with van der Waals surface area (Å²) < 4.78 is 13.7. The highest BCUT2D eigenvalue weighted by molar-refractivity contribution is 6.29. The van der Waals surface area contributed by atoms with E-state index in [1.165, 1.54) is 54.6 Å². The van der Waals surface area contributed by atoms with Crippen molar-refractivity contribution in [2.24, 2.45) is 0 Å². The van der Waals surface area contributed by atoms with Gasteiger partial charge in [-0.2, -0.15) is 0 Å². The third kappa shape index (κ3) is 4.11. The average molecular weight is 687 g/mol. The minimum atomic E-state index is 0.844. The van der Waals surface area contributed by atoms with Gasteiger partial charge in [-0.05, 0) is 95.7 Å². The molecule has 0 atom stereocenters. The Morgan fingerprint density at radius 2 is 0.722 bits per heavy atom. The summed E-state index contributed by atoms with van der Waals surface area (Å²) in [6.45, 7) is 0. The molecule has 0 aliphatic heterocycles. The molecule has 0 amide bonds. The van der Waals surface area contributed by atoms with Crippen molar-refractivity contribution in [3.8, 4) is 33.4 Å². The molecular formula is C52H30O2. The lowest BCUT2D eigenvalue weighted by Crippen LogP contribution is -1.92. The van der Waals surface area contributed by atoms with Gasteiger partial charge in [-0.15, -0.1) is 0 Å². The summed E-state index contributed by atoms with van der Waals surface area (Å²) >= 11 is 0. The molecule has 10 aromatic carbocycles. The van der Waals surface area contributed by atoms with Crippen LogP contribution in [-0.2, 0) is 0 Å². The van der Waals surface area contributed by atoms with E-state index >= 15 is 0 Å². The predicted octanol–water partition coefficient (Wildman–Crippen LogP) is 15.1. The van der Waals surface area contributed by atoms with Gasteiger partial charge in [0, 0.05) is 27.1 Å². The van der Waals surface area contributed by atoms with Crippen LogP contribution in [0.25, 0.3) is 120 Å². The largest absolute Gasteiger partial charge is 0.455 e. The van der Waals surface area contributed by atoms with Crippen LogP contribution in [0.15, 0.2) is 191 Å². The summed E-state index contributed by atoms with van der Waals surface area (Å²) in [4.78, 5) is 0. The van der Waals surface area contributed by atoms with Crippen LogP contribution < -0.4 is 0 Å². The molecule has 12 aromatic rings. The minimum absolute atomic E-state index is 0.844. The highest BCUT2D eigenvalue weighted by Gasteiger charge is 2.25. The zero-order valence-electron chi connectivity index (χ0n) is 29.1. The zero-order valence-corrected chi connectivity index (χ0v) is 29.1. The van der Waals surface area contributed by atoms with Crippen LogP contribution in [0.5, 0.6) is 0 Å². The van der Waals surface area contributed by atoms with E-state index in [2.05, 4.69) is 170 Å². The Morgan fingerprint density at radius 1 is 0.259 bits per heavy atom. The van der Waals surface area contributed by atoms with Crippen LogP contribution in [0, 0.1) is 0 Å². The van der Waals surface area contributed by atoms with E-state index in [9.17, 15) is 0 Å². The lowest BCUT2D eigenvalue weighted by atomic mass is 9.84. The van der Waals surface area contributed by atoms with Gasteiger partial charge in [0.05, 0.1) is 5.56 Å². The average Bonchev–Trinajstić information content (AvgIpc) is 3.80. The third-order valence-corrected chi connectivity index (χ3v) is 11.4. The van der Waals surface area contributed by atoms with Gasteiger partial charge < -0.3 is 8.83 Å². The Balaban J connectivity index is 1.19. The lowest BCUT2D eigenvalue weighted by molar-refractivity contribution is 0.658. The fraction of sp³-hybridized carbons (Fsp3) is 0. The van der Waals surface area contributed by atoms with Crippen LogP contribution in [0.1, 0.15) is 0 Å². The summed E-state index contributed by atoms with van der Waals surface area (Å²) in [5, 5.41) is 14.1. The van der Waals surface area contributed by atoms with E-state index in [-0.39, 0.29) is 0 Å². The van der Waals surface area contributed by atoms with Gasteiger partial charge in [0.2, 0.25) is 0 Å². The number of benzene rings is 10. The first-order valence-electron chi connectivity index (χ1n) is 18.5. The fourth-order valence-corrected chi connectivity index (χ4v) is 9.11. The Kier molecular flexibility index (Phi) is 6.09. The molecule has 0 radical (unpaired) electrons. The van der Waals surface area contributed by atoms with Crippen molar-refractivity contribution in [3.05, 3.63) is 182 Å². The van der Waals surface area contributed by atoms with E-state index in [0.717, 1.165) is 65.8 Å². The van der Waals surface area contributed by atoms with E-state index in [1.54, 1.807) is 0 Å². The fourth-order valence-electron chi connectivity index (χ4n) is 9.11. The van der Waals surface area contributed by atoms with Gasteiger partial charge in [-0.25, -0.2) is 0 Å². The highest BCUT2D eigenvalue weighted by atomic mass is 16.3. The second-order valence-corrected chi connectivity index (χ2v) is 14.3. The molecule has 12 rings (SSSR count). The van der Waals surface area contributed by atoms with Crippen molar-refractivity contribution >= 4 is 87.0 Å². The molecule has 2 nitrogen and oxygen atoms in total. The summed E-state index contributed by atoms with van der Waals surface area (Å²) in [7, 11) is 0. The van der Waals surface area contributed by atoms with Crippen LogP contribution >= 0.6 is 0 Å². The molecule has 0 aliphatic rings. The minimum Gasteiger partial charge on any atom is -0.455 e. The van der Waals surface area contributed by atoms with Crippen LogP contribution in [-0.4, -0.2) is 0 Å². The Bertz CT molecular complexity index is 3360. The molecule has 0 saturated heterocycles. The summed E-state index contributed by atoms with van der Waals surface area (Å²) in [6, 6.07) is 65.5. The van der Waals surface area contributed by atoms with E-state index in [1.807, 2.05) is 12.1 Å². The maximum Gasteiger partial charge on any atom is 0.147 e. The number of furan rings is 2. The van der Waals surface area contributed by atoms with Gasteiger partial charge in [-0.3, -0.25) is 0 Å². The van der Waals surface area contributed by atoms with Gasteiger partial charge >= 0.3 is 0 Å². The molecule has 2 heteroatoms. The SMILES string of the molecule is c1cc(-c2c3ccccc3c(-c3c4oc5ccccc5c4cc4c3oc3ccccc34)c3ccccc23)cc(-c2cc3ccccc3c3ccccc23)c1. The van der Waals surface area contributed by atoms with Gasteiger partial charge in [0.25, 0.3) is 0 Å². The molecule has 0 bridgehead atoms. The first kappa shape index (κ1) is 29.4. The predicted molar refractivity (Wildman–Crippen MR) is 227 cm³/mol. The molecule has 54 heavy (non-hydrogen) atoms. The summed E-state index contributed by atoms with van der Waals surface area (Å²) in [6.07, 6.45) is 0. The van der Waals surface area contributed by atoms with Crippen molar-refractivity contribution in [2.75, 3.05) is 0 Å². The maximum absolute atomic E-state index is 6.83. The molecule has 0 N–H and O–H groups in total. The van der Waals surface area contributed by atoms with Crippen LogP contribution in [0.2, 0.25) is 0 Å². The zero-order chi connectivity index (χ0) is 35.3. The Labute approximate surface area is 310 Å². The molecule has 2 heterocycles. The van der Waals surface area contributed by atoms with Crippen LogP contribution in [0.4, 0.5) is 0 Å². The first-order valence-corrected chi connectivity index (χ1v) is 18.5. The van der Waals surface area contributed by atoms with Crippen molar-refractivity contribution in [3.63, 3.8) is 0 Å². The number of para-hydroxylation sites is 2. The van der Waals surface area contributed by atoms with E-state index < -0.39 is 0 Å². The lowest BCUT2D eigenvalue weighted by Gasteiger charge is -2.19. The molecule has 0 fully saturated rings. The molecule has 250 valence electrons. The maximum atomic E-state index is 6.83. The highest BCUT2D eigenvalue weighted by Crippen LogP contribution is 2.51. The second-order valence-electron chi connectivity index (χ2n) is 14.3. The number of hydrogen-bond acceptors (Lipinski definition) is 2. The number of fused-ring (bicyclic) bond motifs is 11. The topological polar surface area (TPSA) is 26.3 Å². The van der Waals surface area contributed by atoms with Crippen molar-refractivity contribution in [2.45, 2.75) is 0 Å². The molecule has 0 spiro atoms. The normalized spacial score (nSPS) is 12.1. The smallest absolute Gasteiger partial charge is 0.147 e. The second kappa shape index (κ2) is 11.2. The summed E-state index contributed by atoms with van der Waals surface area (Å²) in [5.74, 6) is 0. The van der Waals surface area contributed by atoms with Gasteiger partial charge in [-0.1, -0.05) is 152 Å². The van der Waals surface area contributed by atoms with Crippen molar-refractivity contribution < 1.29 is 8.83 Å². The summed E-state index contributed by atoms with van der Waals surface area (Å²) in [5.41, 5.74) is 10.4. The third-order valence-electron chi connectivity index (χ3n) is 11.4. The van der Waals surface area contributed by atoms with Crippen molar-refractivity contribution in [1.82, 2.24) is 0 Å². The van der Waals surface area contributed by atoms with Gasteiger partial charge in [0.1, 0.15) is 22.3 Å². The Hall–Kier alpha value is -7.16. The molecule has 0 saturated carbocycles. The Morgan fingerprint density at radius 3 is 1.33 bits per heavy atom. The van der Waals surface area contributed by atoms with Crippen LogP contribution in [0.3, 0.4) is 0 Å². The monoisotopic (exact) mass is 686 g/mol. The van der Waals surface area contributed by atoms with Gasteiger partial charge in [0.15, 0.2) is 0 Å². The standard InChI is InChI=1S/C52H30O2/c1-2-17-34-32(14-1)29-43(36-19-4-3-18-35(34)36)31-15-13-16-33(28-31)48-39-22-5-7-24-41(39)49(42-25-8-6-23-40(42)48)50-51-44(37-20-9-11-26-46(37)53-51)30-45-38-21-10-12-27-47(38)54-52(45)50/h1-30H. The molecule has 0 unspecified atom stereocenters. The molecule has 0 aliphatic carbocycles. The number of hydrogen-bond donors (Lipinski definition) is 0.